The maximum atomic E-state index is 9.64. The zero-order chi connectivity index (χ0) is 7.84. The summed E-state index contributed by atoms with van der Waals surface area (Å²) in [6.07, 6.45) is 3.92. The molecular weight excluding hydrogens is 158 g/mol. The first-order chi connectivity index (χ1) is 5.27. The summed E-state index contributed by atoms with van der Waals surface area (Å²) in [5.74, 6) is 0.523. The highest BCUT2D eigenvalue weighted by Gasteiger charge is 2.31. The van der Waals surface area contributed by atoms with Gasteiger partial charge in [-0.15, -0.1) is 11.3 Å². The van der Waals surface area contributed by atoms with E-state index in [1.807, 2.05) is 6.92 Å². The van der Waals surface area contributed by atoms with Crippen molar-refractivity contribution < 1.29 is 5.11 Å². The minimum Gasteiger partial charge on any atom is -0.387 e. The summed E-state index contributed by atoms with van der Waals surface area (Å²) in [5.41, 5.74) is 0. The average Bonchev–Trinajstić information content (AvgIpc) is 2.74. The number of rotatable bonds is 2. The SMILES string of the molecule is Cc1ncc(C(O)C2CC2)s1. The molecule has 0 aliphatic heterocycles. The summed E-state index contributed by atoms with van der Waals surface area (Å²) in [7, 11) is 0. The van der Waals surface area contributed by atoms with Gasteiger partial charge in [-0.3, -0.25) is 0 Å². The number of aryl methyl sites for hydroxylation is 1. The summed E-state index contributed by atoms with van der Waals surface area (Å²) < 4.78 is 0. The van der Waals surface area contributed by atoms with Gasteiger partial charge >= 0.3 is 0 Å². The van der Waals surface area contributed by atoms with Crippen LogP contribution < -0.4 is 0 Å². The van der Waals surface area contributed by atoms with Crippen molar-refractivity contribution in [1.82, 2.24) is 4.98 Å². The molecule has 1 heterocycles. The number of aromatic nitrogens is 1. The lowest BCUT2D eigenvalue weighted by molar-refractivity contribution is 0.157. The van der Waals surface area contributed by atoms with Crippen LogP contribution in [0.5, 0.6) is 0 Å². The molecule has 0 spiro atoms. The van der Waals surface area contributed by atoms with Crippen molar-refractivity contribution in [1.29, 1.82) is 0 Å². The molecular formula is C8H11NOS. The quantitative estimate of drug-likeness (QED) is 0.733. The second kappa shape index (κ2) is 2.57. The Kier molecular flexibility index (Phi) is 1.69. The van der Waals surface area contributed by atoms with E-state index in [0.717, 1.165) is 9.88 Å². The van der Waals surface area contributed by atoms with E-state index in [0.29, 0.717) is 5.92 Å². The topological polar surface area (TPSA) is 33.1 Å². The van der Waals surface area contributed by atoms with Crippen LogP contribution in [0.1, 0.15) is 28.8 Å². The largest absolute Gasteiger partial charge is 0.387 e. The van der Waals surface area contributed by atoms with E-state index in [2.05, 4.69) is 4.98 Å². The monoisotopic (exact) mass is 169 g/mol. The van der Waals surface area contributed by atoms with Gasteiger partial charge in [0.05, 0.1) is 16.0 Å². The number of aliphatic hydroxyl groups excluding tert-OH is 1. The summed E-state index contributed by atoms with van der Waals surface area (Å²) >= 11 is 1.60. The van der Waals surface area contributed by atoms with Gasteiger partial charge in [-0.25, -0.2) is 4.98 Å². The molecule has 1 fully saturated rings. The van der Waals surface area contributed by atoms with E-state index in [4.69, 9.17) is 0 Å². The second-order valence-electron chi connectivity index (χ2n) is 3.06. The maximum absolute atomic E-state index is 9.64. The molecule has 1 aliphatic rings. The zero-order valence-corrected chi connectivity index (χ0v) is 7.27. The lowest BCUT2D eigenvalue weighted by Crippen LogP contribution is -1.95. The molecule has 1 saturated carbocycles. The van der Waals surface area contributed by atoms with Gasteiger partial charge in [0, 0.05) is 6.20 Å². The predicted octanol–water partition coefficient (Wildman–Crippen LogP) is 1.89. The Morgan fingerprint density at radius 3 is 2.91 bits per heavy atom. The number of thiazole rings is 1. The average molecular weight is 169 g/mol. The molecule has 0 amide bonds. The molecule has 1 atom stereocenters. The Hall–Kier alpha value is -0.410. The third-order valence-corrected chi connectivity index (χ3v) is 2.98. The molecule has 1 N–H and O–H groups in total. The van der Waals surface area contributed by atoms with Crippen LogP contribution in [-0.2, 0) is 0 Å². The third kappa shape index (κ3) is 1.44. The summed E-state index contributed by atoms with van der Waals surface area (Å²) in [6, 6.07) is 0. The van der Waals surface area contributed by atoms with Crippen LogP contribution in [0.25, 0.3) is 0 Å². The Balaban J connectivity index is 2.14. The van der Waals surface area contributed by atoms with Crippen molar-refractivity contribution in [3.8, 4) is 0 Å². The van der Waals surface area contributed by atoms with E-state index in [1.54, 1.807) is 17.5 Å². The Morgan fingerprint density at radius 2 is 2.45 bits per heavy atom. The molecule has 1 aliphatic carbocycles. The molecule has 2 rings (SSSR count). The van der Waals surface area contributed by atoms with Crippen molar-refractivity contribution in [2.75, 3.05) is 0 Å². The minimum atomic E-state index is -0.235. The highest BCUT2D eigenvalue weighted by atomic mass is 32.1. The van der Waals surface area contributed by atoms with Gasteiger partial charge < -0.3 is 5.11 Å². The minimum absolute atomic E-state index is 0.235. The number of hydrogen-bond acceptors (Lipinski definition) is 3. The van der Waals surface area contributed by atoms with Gasteiger partial charge in [0.1, 0.15) is 0 Å². The fraction of sp³-hybridized carbons (Fsp3) is 0.625. The van der Waals surface area contributed by atoms with Crippen LogP contribution in [0.4, 0.5) is 0 Å². The number of aliphatic hydroxyl groups is 1. The Labute approximate surface area is 69.9 Å². The van der Waals surface area contributed by atoms with Gasteiger partial charge in [0.25, 0.3) is 0 Å². The predicted molar refractivity (Wildman–Crippen MR) is 44.5 cm³/mol. The van der Waals surface area contributed by atoms with Crippen LogP contribution in [-0.4, -0.2) is 10.1 Å². The molecule has 11 heavy (non-hydrogen) atoms. The molecule has 0 saturated heterocycles. The molecule has 2 nitrogen and oxygen atoms in total. The Morgan fingerprint density at radius 1 is 1.73 bits per heavy atom. The van der Waals surface area contributed by atoms with E-state index >= 15 is 0 Å². The van der Waals surface area contributed by atoms with Crippen molar-refractivity contribution in [3.63, 3.8) is 0 Å². The highest BCUT2D eigenvalue weighted by molar-refractivity contribution is 7.11. The van der Waals surface area contributed by atoms with Crippen LogP contribution >= 0.6 is 11.3 Å². The molecule has 0 radical (unpaired) electrons. The standard InChI is InChI=1S/C8H11NOS/c1-5-9-4-7(11-5)8(10)6-2-3-6/h4,6,8,10H,2-3H2,1H3. The summed E-state index contributed by atoms with van der Waals surface area (Å²) in [4.78, 5) is 5.14. The van der Waals surface area contributed by atoms with Crippen molar-refractivity contribution >= 4 is 11.3 Å². The van der Waals surface area contributed by atoms with Gasteiger partial charge in [-0.05, 0) is 25.7 Å². The number of hydrogen-bond donors (Lipinski definition) is 1. The maximum Gasteiger partial charge on any atom is 0.0926 e. The van der Waals surface area contributed by atoms with E-state index in [-0.39, 0.29) is 6.10 Å². The van der Waals surface area contributed by atoms with E-state index < -0.39 is 0 Å². The van der Waals surface area contributed by atoms with Crippen molar-refractivity contribution in [3.05, 3.63) is 16.1 Å². The fourth-order valence-electron chi connectivity index (χ4n) is 1.16. The zero-order valence-electron chi connectivity index (χ0n) is 6.45. The van der Waals surface area contributed by atoms with Crippen molar-refractivity contribution in [2.24, 2.45) is 5.92 Å². The van der Waals surface area contributed by atoms with Crippen LogP contribution in [0, 0.1) is 12.8 Å². The van der Waals surface area contributed by atoms with Crippen LogP contribution in [0.15, 0.2) is 6.20 Å². The first-order valence-corrected chi connectivity index (χ1v) is 4.69. The highest BCUT2D eigenvalue weighted by Crippen LogP contribution is 2.42. The Bertz CT molecular complexity index is 254. The van der Waals surface area contributed by atoms with E-state index in [1.165, 1.54) is 12.8 Å². The smallest absolute Gasteiger partial charge is 0.0926 e. The van der Waals surface area contributed by atoms with Gasteiger partial charge in [0.15, 0.2) is 0 Å². The summed E-state index contributed by atoms with van der Waals surface area (Å²) in [5, 5.41) is 10.7. The molecule has 60 valence electrons. The van der Waals surface area contributed by atoms with Gasteiger partial charge in [-0.2, -0.15) is 0 Å². The van der Waals surface area contributed by atoms with Crippen LogP contribution in [0.3, 0.4) is 0 Å². The number of nitrogens with zero attached hydrogens (tertiary/aromatic N) is 1. The van der Waals surface area contributed by atoms with Crippen LogP contribution in [0.2, 0.25) is 0 Å². The van der Waals surface area contributed by atoms with Gasteiger partial charge in [0.2, 0.25) is 0 Å². The van der Waals surface area contributed by atoms with Gasteiger partial charge in [-0.1, -0.05) is 0 Å². The molecule has 1 unspecified atom stereocenters. The molecule has 1 aromatic rings. The molecule has 0 bridgehead atoms. The normalized spacial score (nSPS) is 20.2. The lowest BCUT2D eigenvalue weighted by Gasteiger charge is -2.03. The molecule has 3 heteroatoms. The van der Waals surface area contributed by atoms with Crippen molar-refractivity contribution in [2.45, 2.75) is 25.9 Å². The molecule has 1 aromatic heterocycles. The lowest BCUT2D eigenvalue weighted by atomic mass is 10.2. The summed E-state index contributed by atoms with van der Waals surface area (Å²) in [6.45, 7) is 1.97. The van der Waals surface area contributed by atoms with E-state index in [9.17, 15) is 5.11 Å². The second-order valence-corrected chi connectivity index (χ2v) is 4.33. The first-order valence-electron chi connectivity index (χ1n) is 3.88. The fourth-order valence-corrected chi connectivity index (χ4v) is 2.02. The molecule has 0 aromatic carbocycles. The third-order valence-electron chi connectivity index (χ3n) is 2.00. The first kappa shape index (κ1) is 7.25.